The Labute approximate surface area is 111 Å². The topological polar surface area (TPSA) is 54.1 Å². The van der Waals surface area contributed by atoms with Crippen molar-refractivity contribution in [3.63, 3.8) is 0 Å². The molecule has 3 rings (SSSR count). The minimum absolute atomic E-state index is 0.00861. The molecule has 1 unspecified atom stereocenters. The van der Waals surface area contributed by atoms with E-state index in [0.29, 0.717) is 11.8 Å². The Kier molecular flexibility index (Phi) is 3.25. The molecule has 2 N–H and O–H groups in total. The van der Waals surface area contributed by atoms with E-state index in [9.17, 15) is 4.79 Å². The molecular formula is C15H18N2O2. The summed E-state index contributed by atoms with van der Waals surface area (Å²) in [4.78, 5) is 15.1. The van der Waals surface area contributed by atoms with E-state index in [0.717, 1.165) is 35.9 Å². The van der Waals surface area contributed by atoms with Crippen LogP contribution in [0, 0.1) is 0 Å². The number of ether oxygens (including phenoxy) is 1. The van der Waals surface area contributed by atoms with E-state index in [2.05, 4.69) is 10.3 Å². The van der Waals surface area contributed by atoms with Gasteiger partial charge < -0.3 is 15.0 Å². The standard InChI is InChI=1S/C15H18N2O2/c1-19-13-6-2-4-10-8-11(15(18)17-14(10)13)9-12-5-3-7-16-12/h2,4,6,8,12,16H,3,5,7,9H2,1H3,(H,17,18). The third-order valence-electron chi connectivity index (χ3n) is 3.77. The third kappa shape index (κ3) is 2.36. The maximum atomic E-state index is 12.2. The minimum atomic E-state index is -0.00861. The number of nitrogens with one attached hydrogen (secondary N) is 2. The molecule has 1 aromatic carbocycles. The first-order chi connectivity index (χ1) is 9.28. The summed E-state index contributed by atoms with van der Waals surface area (Å²) >= 11 is 0. The van der Waals surface area contributed by atoms with Gasteiger partial charge in [0.05, 0.1) is 12.6 Å². The fourth-order valence-corrected chi connectivity index (χ4v) is 2.77. The van der Waals surface area contributed by atoms with Crippen molar-refractivity contribution in [1.82, 2.24) is 10.3 Å². The van der Waals surface area contributed by atoms with Gasteiger partial charge in [0.2, 0.25) is 0 Å². The van der Waals surface area contributed by atoms with Gasteiger partial charge in [0.15, 0.2) is 0 Å². The molecule has 1 fully saturated rings. The summed E-state index contributed by atoms with van der Waals surface area (Å²) in [5, 5.41) is 4.45. The number of aromatic nitrogens is 1. The number of H-pyrrole nitrogens is 1. The lowest BCUT2D eigenvalue weighted by Crippen LogP contribution is -2.27. The molecule has 0 amide bonds. The highest BCUT2D eigenvalue weighted by atomic mass is 16.5. The Morgan fingerprint density at radius 1 is 1.42 bits per heavy atom. The molecule has 2 heterocycles. The summed E-state index contributed by atoms with van der Waals surface area (Å²) in [5.74, 6) is 0.708. The second kappa shape index (κ2) is 5.05. The molecule has 100 valence electrons. The molecule has 1 aliphatic heterocycles. The second-order valence-corrected chi connectivity index (χ2v) is 5.05. The SMILES string of the molecule is COc1cccc2cc(CC3CCCN3)c(=O)[nH]c12. The Bertz CT molecular complexity index is 642. The Morgan fingerprint density at radius 2 is 2.32 bits per heavy atom. The van der Waals surface area contributed by atoms with E-state index in [-0.39, 0.29) is 5.56 Å². The number of hydrogen-bond acceptors (Lipinski definition) is 3. The molecule has 0 spiro atoms. The van der Waals surface area contributed by atoms with Crippen LogP contribution in [-0.4, -0.2) is 24.7 Å². The van der Waals surface area contributed by atoms with Gasteiger partial charge in [-0.3, -0.25) is 4.79 Å². The first-order valence-corrected chi connectivity index (χ1v) is 6.70. The van der Waals surface area contributed by atoms with Gasteiger partial charge in [0.25, 0.3) is 5.56 Å². The van der Waals surface area contributed by atoms with Gasteiger partial charge >= 0.3 is 0 Å². The average molecular weight is 258 g/mol. The predicted molar refractivity (Wildman–Crippen MR) is 75.8 cm³/mol. The van der Waals surface area contributed by atoms with Gasteiger partial charge in [-0.15, -0.1) is 0 Å². The maximum Gasteiger partial charge on any atom is 0.251 e. The van der Waals surface area contributed by atoms with Crippen LogP contribution in [0.2, 0.25) is 0 Å². The highest BCUT2D eigenvalue weighted by molar-refractivity contribution is 5.84. The van der Waals surface area contributed by atoms with E-state index in [4.69, 9.17) is 4.74 Å². The molecule has 0 radical (unpaired) electrons. The zero-order valence-corrected chi connectivity index (χ0v) is 11.0. The van der Waals surface area contributed by atoms with Crippen molar-refractivity contribution >= 4 is 10.9 Å². The number of methoxy groups -OCH3 is 1. The van der Waals surface area contributed by atoms with Crippen molar-refractivity contribution in [2.75, 3.05) is 13.7 Å². The maximum absolute atomic E-state index is 12.2. The van der Waals surface area contributed by atoms with Crippen molar-refractivity contribution in [2.24, 2.45) is 0 Å². The van der Waals surface area contributed by atoms with Gasteiger partial charge in [-0.2, -0.15) is 0 Å². The minimum Gasteiger partial charge on any atom is -0.495 e. The van der Waals surface area contributed by atoms with E-state index < -0.39 is 0 Å². The smallest absolute Gasteiger partial charge is 0.251 e. The molecule has 1 aromatic heterocycles. The highest BCUT2D eigenvalue weighted by Crippen LogP contribution is 2.23. The molecule has 1 aliphatic rings. The van der Waals surface area contributed by atoms with Crippen molar-refractivity contribution in [1.29, 1.82) is 0 Å². The molecule has 0 aliphatic carbocycles. The van der Waals surface area contributed by atoms with E-state index in [1.807, 2.05) is 24.3 Å². The van der Waals surface area contributed by atoms with Crippen LogP contribution < -0.4 is 15.6 Å². The van der Waals surface area contributed by atoms with E-state index >= 15 is 0 Å². The van der Waals surface area contributed by atoms with Crippen LogP contribution in [0.3, 0.4) is 0 Å². The normalized spacial score (nSPS) is 18.9. The first kappa shape index (κ1) is 12.2. The number of pyridine rings is 1. The largest absolute Gasteiger partial charge is 0.495 e. The van der Waals surface area contributed by atoms with Crippen LogP contribution in [0.4, 0.5) is 0 Å². The number of rotatable bonds is 3. The molecule has 1 atom stereocenters. The highest BCUT2D eigenvalue weighted by Gasteiger charge is 2.16. The van der Waals surface area contributed by atoms with Crippen LogP contribution in [0.15, 0.2) is 29.1 Å². The monoisotopic (exact) mass is 258 g/mol. The van der Waals surface area contributed by atoms with Gasteiger partial charge in [-0.1, -0.05) is 12.1 Å². The Hall–Kier alpha value is -1.81. The average Bonchev–Trinajstić information content (AvgIpc) is 2.92. The lowest BCUT2D eigenvalue weighted by atomic mass is 10.0. The van der Waals surface area contributed by atoms with Gasteiger partial charge in [-0.25, -0.2) is 0 Å². The summed E-state index contributed by atoms with van der Waals surface area (Å²) in [5.41, 5.74) is 1.61. The van der Waals surface area contributed by atoms with Crippen LogP contribution in [0.5, 0.6) is 5.75 Å². The van der Waals surface area contributed by atoms with Crippen LogP contribution >= 0.6 is 0 Å². The van der Waals surface area contributed by atoms with Gasteiger partial charge in [-0.05, 0) is 37.9 Å². The summed E-state index contributed by atoms with van der Waals surface area (Å²) in [6.07, 6.45) is 3.14. The Balaban J connectivity index is 2.02. The lowest BCUT2D eigenvalue weighted by molar-refractivity contribution is 0.419. The Morgan fingerprint density at radius 3 is 3.05 bits per heavy atom. The molecule has 0 bridgehead atoms. The number of hydrogen-bond donors (Lipinski definition) is 2. The van der Waals surface area contributed by atoms with Crippen LogP contribution in [0.1, 0.15) is 18.4 Å². The number of para-hydroxylation sites is 1. The van der Waals surface area contributed by atoms with Crippen LogP contribution in [0.25, 0.3) is 10.9 Å². The summed E-state index contributed by atoms with van der Waals surface area (Å²) in [7, 11) is 1.61. The van der Waals surface area contributed by atoms with Crippen molar-refractivity contribution < 1.29 is 4.74 Å². The summed E-state index contributed by atoms with van der Waals surface area (Å²) < 4.78 is 5.27. The zero-order valence-electron chi connectivity index (χ0n) is 11.0. The molecule has 1 saturated heterocycles. The molecule has 2 aromatic rings. The van der Waals surface area contributed by atoms with Crippen LogP contribution in [-0.2, 0) is 6.42 Å². The van der Waals surface area contributed by atoms with Crippen molar-refractivity contribution in [2.45, 2.75) is 25.3 Å². The van der Waals surface area contributed by atoms with E-state index in [1.54, 1.807) is 7.11 Å². The molecule has 4 heteroatoms. The third-order valence-corrected chi connectivity index (χ3v) is 3.77. The predicted octanol–water partition coefficient (Wildman–Crippen LogP) is 1.83. The van der Waals surface area contributed by atoms with Gasteiger partial charge in [0, 0.05) is 17.0 Å². The summed E-state index contributed by atoms with van der Waals surface area (Å²) in [6.45, 7) is 1.06. The fraction of sp³-hybridized carbons (Fsp3) is 0.400. The lowest BCUT2D eigenvalue weighted by Gasteiger charge is -2.11. The molecule has 19 heavy (non-hydrogen) atoms. The summed E-state index contributed by atoms with van der Waals surface area (Å²) in [6, 6.07) is 8.22. The van der Waals surface area contributed by atoms with Crippen molar-refractivity contribution in [3.8, 4) is 5.75 Å². The van der Waals surface area contributed by atoms with Crippen molar-refractivity contribution in [3.05, 3.63) is 40.2 Å². The van der Waals surface area contributed by atoms with Gasteiger partial charge in [0.1, 0.15) is 5.75 Å². The zero-order chi connectivity index (χ0) is 13.2. The number of aromatic amines is 1. The van der Waals surface area contributed by atoms with E-state index in [1.165, 1.54) is 6.42 Å². The first-order valence-electron chi connectivity index (χ1n) is 6.70. The number of benzene rings is 1. The molecular weight excluding hydrogens is 240 g/mol. The fourth-order valence-electron chi connectivity index (χ4n) is 2.77. The quantitative estimate of drug-likeness (QED) is 0.883. The number of fused-ring (bicyclic) bond motifs is 1. The molecule has 0 saturated carbocycles. The second-order valence-electron chi connectivity index (χ2n) is 5.05. The molecule has 4 nitrogen and oxygen atoms in total.